The smallest absolute Gasteiger partial charge is 0.330 e. The van der Waals surface area contributed by atoms with E-state index >= 15 is 0 Å². The molecule has 0 amide bonds. The average molecular weight is 445 g/mol. The summed E-state index contributed by atoms with van der Waals surface area (Å²) in [4.78, 5) is 20.9. The molecule has 2 aromatic carbocycles. The molecule has 0 aliphatic carbocycles. The second kappa shape index (κ2) is 11.6. The van der Waals surface area contributed by atoms with Crippen LogP contribution < -0.4 is 0 Å². The minimum atomic E-state index is -0.339. The molecule has 33 heavy (non-hydrogen) atoms. The summed E-state index contributed by atoms with van der Waals surface area (Å²) in [7, 11) is 0. The molecule has 4 rings (SSSR count). The van der Waals surface area contributed by atoms with Crippen molar-refractivity contribution in [2.24, 2.45) is 0 Å². The van der Waals surface area contributed by atoms with Gasteiger partial charge in [0.15, 0.2) is 0 Å². The van der Waals surface area contributed by atoms with Crippen molar-refractivity contribution in [2.75, 3.05) is 39.3 Å². The van der Waals surface area contributed by atoms with Crippen molar-refractivity contribution >= 4 is 12.0 Å². The number of hydrogen-bond donors (Lipinski definition) is 0. The highest BCUT2D eigenvalue weighted by molar-refractivity contribution is 5.86. The van der Waals surface area contributed by atoms with Gasteiger partial charge in [0.05, 0.1) is 24.7 Å². The molecule has 1 saturated heterocycles. The second-order valence-electron chi connectivity index (χ2n) is 8.22. The van der Waals surface area contributed by atoms with Gasteiger partial charge in [-0.2, -0.15) is 0 Å². The van der Waals surface area contributed by atoms with Gasteiger partial charge in [-0.05, 0) is 24.1 Å². The fourth-order valence-corrected chi connectivity index (χ4v) is 4.32. The Balaban J connectivity index is 1.31. The number of carbonyl (C=O) groups is 1. The summed E-state index contributed by atoms with van der Waals surface area (Å²) >= 11 is 0. The minimum absolute atomic E-state index is 0.289. The zero-order chi connectivity index (χ0) is 22.9. The number of benzene rings is 2. The summed E-state index contributed by atoms with van der Waals surface area (Å²) in [5, 5.41) is 0. The lowest BCUT2D eigenvalue weighted by atomic mass is 9.96. The van der Waals surface area contributed by atoms with Gasteiger partial charge in [0.25, 0.3) is 0 Å². The molecule has 0 N–H and O–H groups in total. The van der Waals surface area contributed by atoms with Crippen LogP contribution in [0.25, 0.3) is 6.08 Å². The molecular formula is C27H32N4O2. The molecule has 1 fully saturated rings. The van der Waals surface area contributed by atoms with E-state index in [2.05, 4.69) is 80.0 Å². The van der Waals surface area contributed by atoms with Gasteiger partial charge in [-0.1, -0.05) is 60.7 Å². The van der Waals surface area contributed by atoms with Crippen LogP contribution in [0.4, 0.5) is 0 Å². The van der Waals surface area contributed by atoms with Gasteiger partial charge in [0.2, 0.25) is 0 Å². The topological polar surface area (TPSA) is 50.6 Å². The van der Waals surface area contributed by atoms with E-state index in [-0.39, 0.29) is 12.0 Å². The molecule has 6 heteroatoms. The van der Waals surface area contributed by atoms with Gasteiger partial charge in [0, 0.05) is 51.5 Å². The van der Waals surface area contributed by atoms with Crippen LogP contribution in [0, 0.1) is 0 Å². The maximum absolute atomic E-state index is 11.5. The van der Waals surface area contributed by atoms with Crippen molar-refractivity contribution in [3.63, 3.8) is 0 Å². The molecule has 0 saturated carbocycles. The van der Waals surface area contributed by atoms with Crippen LogP contribution in [-0.2, 0) is 16.1 Å². The van der Waals surface area contributed by atoms with Gasteiger partial charge in [-0.15, -0.1) is 0 Å². The molecule has 6 nitrogen and oxygen atoms in total. The lowest BCUT2D eigenvalue weighted by Gasteiger charge is -2.39. The first-order chi connectivity index (χ1) is 16.2. The van der Waals surface area contributed by atoms with E-state index in [1.54, 1.807) is 13.0 Å². The number of hydrogen-bond acceptors (Lipinski definition) is 5. The van der Waals surface area contributed by atoms with Crippen LogP contribution in [0.1, 0.15) is 29.8 Å². The van der Waals surface area contributed by atoms with Crippen molar-refractivity contribution in [2.45, 2.75) is 19.5 Å². The van der Waals surface area contributed by atoms with Crippen molar-refractivity contribution in [3.05, 3.63) is 96.1 Å². The minimum Gasteiger partial charge on any atom is -0.463 e. The number of rotatable bonds is 9. The molecule has 0 atom stereocenters. The summed E-state index contributed by atoms with van der Waals surface area (Å²) < 4.78 is 6.99. The monoisotopic (exact) mass is 444 g/mol. The van der Waals surface area contributed by atoms with Crippen molar-refractivity contribution in [1.82, 2.24) is 19.4 Å². The van der Waals surface area contributed by atoms with Crippen LogP contribution in [0.3, 0.4) is 0 Å². The largest absolute Gasteiger partial charge is 0.463 e. The molecule has 1 aromatic heterocycles. The Morgan fingerprint density at radius 2 is 1.61 bits per heavy atom. The predicted octanol–water partition coefficient (Wildman–Crippen LogP) is 3.87. The zero-order valence-corrected chi connectivity index (χ0v) is 19.2. The SMILES string of the molecule is CCOC(=O)/C=C/c1cn(CCN2CCN(C(c3ccccc3)c3ccccc3)CC2)cn1. The molecular weight excluding hydrogens is 412 g/mol. The Labute approximate surface area is 196 Å². The van der Waals surface area contributed by atoms with Crippen LogP contribution in [0.5, 0.6) is 0 Å². The van der Waals surface area contributed by atoms with E-state index in [9.17, 15) is 4.79 Å². The highest BCUT2D eigenvalue weighted by Crippen LogP contribution is 2.29. The van der Waals surface area contributed by atoms with Crippen LogP contribution in [0.2, 0.25) is 0 Å². The van der Waals surface area contributed by atoms with Crippen LogP contribution >= 0.6 is 0 Å². The summed E-state index contributed by atoms with van der Waals surface area (Å²) in [5.74, 6) is -0.339. The fraction of sp³-hybridized carbons (Fsp3) is 0.333. The van der Waals surface area contributed by atoms with Gasteiger partial charge in [0.1, 0.15) is 0 Å². The molecule has 3 aromatic rings. The third-order valence-corrected chi connectivity index (χ3v) is 6.01. The lowest BCUT2D eigenvalue weighted by Crippen LogP contribution is -2.48. The van der Waals surface area contributed by atoms with Crippen LogP contribution in [0.15, 0.2) is 79.3 Å². The Morgan fingerprint density at radius 1 is 0.970 bits per heavy atom. The van der Waals surface area contributed by atoms with Crippen molar-refractivity contribution in [1.29, 1.82) is 0 Å². The lowest BCUT2D eigenvalue weighted by molar-refractivity contribution is -0.137. The molecule has 0 radical (unpaired) electrons. The number of nitrogens with zero attached hydrogens (tertiary/aromatic N) is 4. The Hall–Kier alpha value is -3.22. The third-order valence-electron chi connectivity index (χ3n) is 6.01. The number of piperazine rings is 1. The molecule has 0 unspecified atom stereocenters. The Kier molecular flexibility index (Phi) is 8.06. The highest BCUT2D eigenvalue weighted by atomic mass is 16.5. The predicted molar refractivity (Wildman–Crippen MR) is 131 cm³/mol. The van der Waals surface area contributed by atoms with E-state index in [0.717, 1.165) is 45.0 Å². The molecule has 172 valence electrons. The van der Waals surface area contributed by atoms with E-state index in [4.69, 9.17) is 4.74 Å². The third kappa shape index (κ3) is 6.40. The second-order valence-corrected chi connectivity index (χ2v) is 8.22. The number of imidazole rings is 1. The molecule has 0 bridgehead atoms. The van der Waals surface area contributed by atoms with E-state index in [0.29, 0.717) is 6.61 Å². The number of carbonyl (C=O) groups excluding carboxylic acids is 1. The molecule has 1 aliphatic rings. The van der Waals surface area contributed by atoms with Crippen LogP contribution in [-0.4, -0.2) is 64.7 Å². The molecule has 2 heterocycles. The van der Waals surface area contributed by atoms with Gasteiger partial charge in [-0.25, -0.2) is 9.78 Å². The van der Waals surface area contributed by atoms with Crippen molar-refractivity contribution in [3.8, 4) is 0 Å². The number of aromatic nitrogens is 2. The van der Waals surface area contributed by atoms with Crippen molar-refractivity contribution < 1.29 is 9.53 Å². The zero-order valence-electron chi connectivity index (χ0n) is 19.2. The standard InChI is InChI=1S/C27H32N4O2/c1-2-33-26(32)14-13-25-21-30(22-28-25)16-15-29-17-19-31(20-18-29)27(23-9-5-3-6-10-23)24-11-7-4-8-12-24/h3-14,21-22,27H,2,15-20H2,1H3/b14-13+. The first-order valence-corrected chi connectivity index (χ1v) is 11.7. The van der Waals surface area contributed by atoms with Gasteiger partial charge >= 0.3 is 5.97 Å². The summed E-state index contributed by atoms with van der Waals surface area (Å²) in [5.41, 5.74) is 3.46. The van der Waals surface area contributed by atoms with Gasteiger partial charge < -0.3 is 9.30 Å². The maximum atomic E-state index is 11.5. The first-order valence-electron chi connectivity index (χ1n) is 11.7. The Morgan fingerprint density at radius 3 is 2.21 bits per heavy atom. The maximum Gasteiger partial charge on any atom is 0.330 e. The quantitative estimate of drug-likeness (QED) is 0.371. The highest BCUT2D eigenvalue weighted by Gasteiger charge is 2.26. The number of ether oxygens (including phenoxy) is 1. The number of esters is 1. The van der Waals surface area contributed by atoms with E-state index in [1.807, 2.05) is 12.5 Å². The fourth-order valence-electron chi connectivity index (χ4n) is 4.32. The van der Waals surface area contributed by atoms with Gasteiger partial charge in [-0.3, -0.25) is 9.80 Å². The summed E-state index contributed by atoms with van der Waals surface area (Å²) in [6.07, 6.45) is 6.90. The first kappa shape index (κ1) is 23.0. The summed E-state index contributed by atoms with van der Waals surface area (Å²) in [6, 6.07) is 21.9. The normalized spacial score (nSPS) is 15.3. The average Bonchev–Trinajstić information content (AvgIpc) is 3.32. The van der Waals surface area contributed by atoms with E-state index < -0.39 is 0 Å². The van der Waals surface area contributed by atoms with E-state index in [1.165, 1.54) is 17.2 Å². The Bertz CT molecular complexity index is 985. The summed E-state index contributed by atoms with van der Waals surface area (Å²) in [6.45, 7) is 8.18. The molecule has 1 aliphatic heterocycles. The molecule has 0 spiro atoms.